The van der Waals surface area contributed by atoms with Crippen LogP contribution >= 0.6 is 0 Å². The second-order valence-corrected chi connectivity index (χ2v) is 11.5. The lowest BCUT2D eigenvalue weighted by Crippen LogP contribution is -2.56. The fraction of sp³-hybridized carbons (Fsp3) is 0.593. The van der Waals surface area contributed by atoms with Gasteiger partial charge in [0.25, 0.3) is 0 Å². The first-order chi connectivity index (χ1) is 17.2. The number of carbonyl (C=O) groups is 2. The van der Waals surface area contributed by atoms with Crippen LogP contribution in [0.4, 0.5) is 4.79 Å². The van der Waals surface area contributed by atoms with E-state index >= 15 is 0 Å². The molecule has 10 nitrogen and oxygen atoms in total. The number of hydrogen-bond donors (Lipinski definition) is 2. The third-order valence-corrected chi connectivity index (χ3v) is 5.87. The van der Waals surface area contributed by atoms with Crippen LogP contribution in [0.2, 0.25) is 0 Å². The van der Waals surface area contributed by atoms with Crippen LogP contribution in [0.3, 0.4) is 0 Å². The molecule has 10 heteroatoms. The molecule has 0 spiro atoms. The second-order valence-electron chi connectivity index (χ2n) is 11.5. The van der Waals surface area contributed by atoms with Crippen molar-refractivity contribution >= 4 is 12.1 Å². The second kappa shape index (κ2) is 11.1. The number of ether oxygens (including phenoxy) is 3. The Labute approximate surface area is 218 Å². The summed E-state index contributed by atoms with van der Waals surface area (Å²) < 4.78 is 18.8. The van der Waals surface area contributed by atoms with Gasteiger partial charge >= 0.3 is 12.1 Å². The smallest absolute Gasteiger partial charge is 0.407 e. The molecule has 0 saturated carbocycles. The van der Waals surface area contributed by atoms with Crippen LogP contribution in [0.25, 0.3) is 11.1 Å². The van der Waals surface area contributed by atoms with Gasteiger partial charge in [0.05, 0.1) is 6.20 Å². The van der Waals surface area contributed by atoms with Crippen molar-refractivity contribution in [2.24, 2.45) is 5.90 Å². The summed E-state index contributed by atoms with van der Waals surface area (Å²) in [6.45, 7) is 13.6. The van der Waals surface area contributed by atoms with Crippen LogP contribution in [0.15, 0.2) is 30.6 Å². The van der Waals surface area contributed by atoms with Crippen molar-refractivity contribution in [2.45, 2.75) is 97.2 Å². The Bertz CT molecular complexity index is 1100. The number of fused-ring (bicyclic) bond motifs is 1. The van der Waals surface area contributed by atoms with E-state index in [1.54, 1.807) is 27.7 Å². The van der Waals surface area contributed by atoms with Crippen LogP contribution in [-0.2, 0) is 32.1 Å². The average molecular weight is 517 g/mol. The minimum absolute atomic E-state index is 0.420. The van der Waals surface area contributed by atoms with Gasteiger partial charge in [-0.1, -0.05) is 6.07 Å². The lowest BCUT2D eigenvalue weighted by Gasteiger charge is -2.38. The lowest BCUT2D eigenvalue weighted by molar-refractivity contribution is -0.196. The normalized spacial score (nSPS) is 17.2. The van der Waals surface area contributed by atoms with Gasteiger partial charge in [0.1, 0.15) is 23.1 Å². The number of alkyl carbamates (subject to hydrolysis) is 1. The Hall–Kier alpha value is -3.11. The molecule has 1 aromatic heterocycles. The van der Waals surface area contributed by atoms with Gasteiger partial charge in [-0.3, -0.25) is 9.52 Å². The van der Waals surface area contributed by atoms with Crippen molar-refractivity contribution in [3.8, 4) is 16.9 Å². The van der Waals surface area contributed by atoms with Crippen molar-refractivity contribution < 1.29 is 28.6 Å². The van der Waals surface area contributed by atoms with Gasteiger partial charge in [-0.15, -0.1) is 0 Å². The van der Waals surface area contributed by atoms with E-state index in [0.29, 0.717) is 31.7 Å². The molecule has 2 aromatic rings. The number of nitrogens with two attached hydrogens (primary N) is 1. The van der Waals surface area contributed by atoms with Crippen molar-refractivity contribution in [1.82, 2.24) is 15.1 Å². The van der Waals surface area contributed by atoms with Crippen LogP contribution in [0.5, 0.6) is 5.75 Å². The number of hydrogen-bond acceptors (Lipinski definition) is 8. The van der Waals surface area contributed by atoms with Gasteiger partial charge in [0.2, 0.25) is 5.60 Å². The molecule has 0 radical (unpaired) electrons. The minimum Gasteiger partial charge on any atom is -0.486 e. The van der Waals surface area contributed by atoms with Crippen LogP contribution < -0.4 is 16.0 Å². The number of rotatable bonds is 8. The number of aryl methyl sites for hydroxylation is 2. The van der Waals surface area contributed by atoms with E-state index in [1.165, 1.54) is 0 Å². The topological polar surface area (TPSA) is 127 Å². The molecule has 0 saturated heterocycles. The van der Waals surface area contributed by atoms with Gasteiger partial charge in [0, 0.05) is 24.8 Å². The maximum Gasteiger partial charge on any atom is 0.407 e. The first kappa shape index (κ1) is 28.5. The molecule has 1 aromatic carbocycles. The number of esters is 1. The Morgan fingerprint density at radius 3 is 2.46 bits per heavy atom. The third-order valence-electron chi connectivity index (χ3n) is 5.87. The molecule has 0 bridgehead atoms. The van der Waals surface area contributed by atoms with Crippen molar-refractivity contribution in [3.63, 3.8) is 0 Å². The summed E-state index contributed by atoms with van der Waals surface area (Å²) in [7, 11) is 0. The van der Waals surface area contributed by atoms with Gasteiger partial charge in [-0.2, -0.15) is 5.10 Å². The number of nitrogens with zero attached hydrogens (tertiary/aromatic N) is 2. The summed E-state index contributed by atoms with van der Waals surface area (Å²) in [5.74, 6) is 5.68. The molecule has 1 amide bonds. The fourth-order valence-corrected chi connectivity index (χ4v) is 3.97. The SMILES string of the molecule is CC(C)(C)OC(=O)NCCCn1cc(-c2ccc3c(c2)CC[C@H]([C@](C)(ON)C(=O)OC(C)(C)C)O3)cn1. The number of benzene rings is 1. The average Bonchev–Trinajstić information content (AvgIpc) is 3.27. The first-order valence-electron chi connectivity index (χ1n) is 12.6. The number of aromatic nitrogens is 2. The number of nitrogens with one attached hydrogen (secondary N) is 1. The quantitative estimate of drug-likeness (QED) is 0.304. The highest BCUT2D eigenvalue weighted by Crippen LogP contribution is 2.36. The Balaban J connectivity index is 1.60. The fourth-order valence-electron chi connectivity index (χ4n) is 3.97. The first-order valence-corrected chi connectivity index (χ1v) is 12.6. The molecular formula is C27H40N4O6. The van der Waals surface area contributed by atoms with Crippen LogP contribution in [0, 0.1) is 0 Å². The Kier molecular flexibility index (Phi) is 8.54. The predicted octanol–water partition coefficient (Wildman–Crippen LogP) is 4.15. The summed E-state index contributed by atoms with van der Waals surface area (Å²) in [6, 6.07) is 5.93. The zero-order chi connectivity index (χ0) is 27.4. The molecule has 3 rings (SSSR count). The molecule has 0 unspecified atom stereocenters. The van der Waals surface area contributed by atoms with Gasteiger partial charge < -0.3 is 19.5 Å². The number of amides is 1. The highest BCUT2D eigenvalue weighted by Gasteiger charge is 2.48. The molecule has 1 aliphatic heterocycles. The van der Waals surface area contributed by atoms with E-state index in [1.807, 2.05) is 50.0 Å². The standard InChI is InChI=1S/C27H40N4O6/c1-25(2,3)35-23(32)27(7,37-28)22-12-10-19-15-18(9-11-21(19)34-22)20-16-30-31(17-20)14-8-13-29-24(33)36-26(4,5)6/h9,11,15-17,22H,8,10,12-14,28H2,1-7H3,(H,29,33)/t22-,27+/m1/s1. The third kappa shape index (κ3) is 7.69. The van der Waals surface area contributed by atoms with Crippen molar-refractivity contribution in [2.75, 3.05) is 6.54 Å². The van der Waals surface area contributed by atoms with E-state index in [-0.39, 0.29) is 0 Å². The maximum atomic E-state index is 12.8. The van der Waals surface area contributed by atoms with Crippen LogP contribution in [-0.4, -0.2) is 51.3 Å². The highest BCUT2D eigenvalue weighted by atomic mass is 16.7. The van der Waals surface area contributed by atoms with E-state index < -0.39 is 35.0 Å². The molecule has 204 valence electrons. The molecule has 2 heterocycles. The minimum atomic E-state index is -1.43. The van der Waals surface area contributed by atoms with Gasteiger partial charge in [-0.25, -0.2) is 15.5 Å². The summed E-state index contributed by atoms with van der Waals surface area (Å²) in [5, 5.41) is 7.20. The summed E-state index contributed by atoms with van der Waals surface area (Å²) in [5.41, 5.74) is 0.419. The molecule has 2 atom stereocenters. The van der Waals surface area contributed by atoms with Gasteiger partial charge in [-0.05, 0) is 91.0 Å². The summed E-state index contributed by atoms with van der Waals surface area (Å²) >= 11 is 0. The predicted molar refractivity (Wildman–Crippen MR) is 139 cm³/mol. The van der Waals surface area contributed by atoms with Crippen LogP contribution in [0.1, 0.15) is 66.9 Å². The molecule has 37 heavy (non-hydrogen) atoms. The van der Waals surface area contributed by atoms with Gasteiger partial charge in [0.15, 0.2) is 0 Å². The van der Waals surface area contributed by atoms with E-state index in [9.17, 15) is 9.59 Å². The largest absolute Gasteiger partial charge is 0.486 e. The zero-order valence-electron chi connectivity index (χ0n) is 22.9. The molecule has 3 N–H and O–H groups in total. The van der Waals surface area contributed by atoms with Crippen molar-refractivity contribution in [3.05, 3.63) is 36.2 Å². The lowest BCUT2D eigenvalue weighted by atomic mass is 9.89. The Morgan fingerprint density at radius 2 is 1.81 bits per heavy atom. The molecule has 1 aliphatic rings. The van der Waals surface area contributed by atoms with Crippen molar-refractivity contribution in [1.29, 1.82) is 0 Å². The summed E-state index contributed by atoms with van der Waals surface area (Å²) in [4.78, 5) is 29.7. The molecule has 0 fully saturated rings. The van der Waals surface area contributed by atoms with E-state index in [4.69, 9.17) is 24.9 Å². The summed E-state index contributed by atoms with van der Waals surface area (Å²) in [6.07, 6.45) is 4.76. The number of carbonyl (C=O) groups excluding carboxylic acids is 2. The Morgan fingerprint density at radius 1 is 1.11 bits per heavy atom. The van der Waals surface area contributed by atoms with E-state index in [0.717, 1.165) is 23.1 Å². The highest BCUT2D eigenvalue weighted by molar-refractivity contribution is 5.80. The maximum absolute atomic E-state index is 12.8. The monoisotopic (exact) mass is 516 g/mol. The van der Waals surface area contributed by atoms with E-state index in [2.05, 4.69) is 16.5 Å². The molecular weight excluding hydrogens is 476 g/mol. The zero-order valence-corrected chi connectivity index (χ0v) is 22.9. The molecule has 0 aliphatic carbocycles.